The van der Waals surface area contributed by atoms with Crippen LogP contribution in [0.2, 0.25) is 5.02 Å². The molecule has 0 bridgehead atoms. The van der Waals surface area contributed by atoms with Gasteiger partial charge in [-0.25, -0.2) is 4.98 Å². The summed E-state index contributed by atoms with van der Waals surface area (Å²) in [6, 6.07) is 16.4. The molecule has 7 aromatic rings. The van der Waals surface area contributed by atoms with Crippen molar-refractivity contribution in [3.05, 3.63) is 99.8 Å². The van der Waals surface area contributed by atoms with Crippen molar-refractivity contribution >= 4 is 56.6 Å². The fourth-order valence-electron chi connectivity index (χ4n) is 9.45. The van der Waals surface area contributed by atoms with Gasteiger partial charge in [0.2, 0.25) is 0 Å². The van der Waals surface area contributed by atoms with Gasteiger partial charge >= 0.3 is 0 Å². The second kappa shape index (κ2) is 15.5. The fourth-order valence-corrected chi connectivity index (χ4v) is 9.86. The van der Waals surface area contributed by atoms with Crippen LogP contribution in [0.15, 0.2) is 61.1 Å². The summed E-state index contributed by atoms with van der Waals surface area (Å²) >= 11 is 14.1. The first-order valence-corrected chi connectivity index (χ1v) is 21.5. The van der Waals surface area contributed by atoms with Crippen LogP contribution in [0, 0.1) is 27.7 Å². The zero-order valence-electron chi connectivity index (χ0n) is 34.9. The normalized spacial score (nSPS) is 17.2. The van der Waals surface area contributed by atoms with Crippen molar-refractivity contribution in [2.75, 3.05) is 31.1 Å². The Bertz CT molecular complexity index is 2730. The first kappa shape index (κ1) is 39.4. The van der Waals surface area contributed by atoms with E-state index in [1.54, 1.807) is 11.0 Å². The number of aromatic nitrogens is 7. The van der Waals surface area contributed by atoms with Gasteiger partial charge < -0.3 is 18.8 Å². The van der Waals surface area contributed by atoms with Crippen molar-refractivity contribution in [2.45, 2.75) is 78.4 Å². The van der Waals surface area contributed by atoms with Gasteiger partial charge in [-0.3, -0.25) is 19.1 Å². The molecule has 4 aromatic heterocycles. The molecule has 2 aliphatic rings. The number of amides is 1. The number of carbonyl (C=O) groups is 1. The number of hydrogen-bond acceptors (Lipinski definition) is 6. The number of anilines is 1. The van der Waals surface area contributed by atoms with Gasteiger partial charge in [0.05, 0.1) is 35.1 Å². The van der Waals surface area contributed by atoms with Crippen molar-refractivity contribution in [3.8, 4) is 28.3 Å². The predicted octanol–water partition coefficient (Wildman–Crippen LogP) is 9.57. The maximum Gasteiger partial charge on any atom is 0.276 e. The smallest absolute Gasteiger partial charge is 0.276 e. The molecule has 2 aliphatic heterocycles. The minimum absolute atomic E-state index is 0.121. The van der Waals surface area contributed by atoms with Crippen LogP contribution in [0.25, 0.3) is 44.3 Å². The molecule has 11 nitrogen and oxygen atoms in total. The summed E-state index contributed by atoms with van der Waals surface area (Å²) in [7, 11) is 3.84. The first-order chi connectivity index (χ1) is 28.4. The Hall–Kier alpha value is -5.10. The molecule has 0 spiro atoms. The number of likely N-dealkylation sites (tertiary alicyclic amines) is 1. The molecule has 3 aromatic carbocycles. The zero-order chi connectivity index (χ0) is 41.3. The number of para-hydroxylation sites is 1. The van der Waals surface area contributed by atoms with Crippen LogP contribution in [0.3, 0.4) is 0 Å². The molecule has 1 saturated heterocycles. The highest BCUT2D eigenvalue weighted by atomic mass is 35.5. The molecule has 13 heteroatoms. The van der Waals surface area contributed by atoms with Gasteiger partial charge in [0.15, 0.2) is 5.82 Å². The Morgan fingerprint density at radius 2 is 1.69 bits per heavy atom. The van der Waals surface area contributed by atoms with Gasteiger partial charge in [-0.1, -0.05) is 41.4 Å². The number of carbonyl (C=O) groups excluding carboxylic acids is 1. The van der Waals surface area contributed by atoms with E-state index in [9.17, 15) is 0 Å². The quantitative estimate of drug-likeness (QED) is 0.0733. The van der Waals surface area contributed by atoms with E-state index in [1.165, 1.54) is 12.8 Å². The lowest BCUT2D eigenvalue weighted by molar-refractivity contribution is 0.0951. The fraction of sp³-hybridized carbons (Fsp3) is 0.391. The molecule has 6 heterocycles. The van der Waals surface area contributed by atoms with Crippen molar-refractivity contribution in [3.63, 3.8) is 0 Å². The first-order valence-electron chi connectivity index (χ1n) is 20.7. The van der Waals surface area contributed by atoms with Crippen LogP contribution >= 0.6 is 23.2 Å². The largest absolute Gasteiger partial charge is 0.494 e. The van der Waals surface area contributed by atoms with Crippen molar-refractivity contribution in [1.29, 1.82) is 0 Å². The number of fused-ring (bicyclic) bond motifs is 4. The Balaban J connectivity index is 1.17. The highest BCUT2D eigenvalue weighted by Gasteiger charge is 2.42. The number of halogens is 2. The van der Waals surface area contributed by atoms with E-state index in [-0.39, 0.29) is 11.9 Å². The van der Waals surface area contributed by atoms with E-state index < -0.39 is 5.50 Å². The molecule has 1 unspecified atom stereocenters. The van der Waals surface area contributed by atoms with Gasteiger partial charge in [0.25, 0.3) is 5.91 Å². The highest BCUT2D eigenvalue weighted by molar-refractivity contribution is 6.32. The summed E-state index contributed by atoms with van der Waals surface area (Å²) in [6.07, 6.45) is 7.63. The number of rotatable bonds is 11. The number of alkyl halides is 1. The van der Waals surface area contributed by atoms with Gasteiger partial charge in [-0.15, -0.1) is 0 Å². The molecule has 306 valence electrons. The molecule has 1 amide bonds. The molecular formula is C46H51Cl2N9O2. The Morgan fingerprint density at radius 1 is 0.932 bits per heavy atom. The summed E-state index contributed by atoms with van der Waals surface area (Å²) in [5.74, 6) is 1.30. The van der Waals surface area contributed by atoms with Gasteiger partial charge in [0.1, 0.15) is 23.3 Å². The lowest BCUT2D eigenvalue weighted by Gasteiger charge is -2.38. The SMILES string of the molecule is Cc1cc(OCCCc2c3n(c4c(-c5c(C)nn(C)c5C)cccc24)C(C)[C@@H](Cl)N(c2cn(CCN4CCCC4)c4ccc(-c5ncn(C)n5)cc24)C3=O)cc(C)c1Cl. The molecule has 0 N–H and O–H groups in total. The number of aryl methyl sites for hydroxylation is 6. The highest BCUT2D eigenvalue weighted by Crippen LogP contribution is 2.46. The lowest BCUT2D eigenvalue weighted by atomic mass is 9.98. The van der Waals surface area contributed by atoms with Gasteiger partial charge in [-0.2, -0.15) is 10.2 Å². The van der Waals surface area contributed by atoms with Crippen LogP contribution in [0.5, 0.6) is 5.75 Å². The molecule has 0 saturated carbocycles. The average molecular weight is 833 g/mol. The van der Waals surface area contributed by atoms with E-state index >= 15 is 4.79 Å². The summed E-state index contributed by atoms with van der Waals surface area (Å²) in [4.78, 5) is 24.5. The second-order valence-electron chi connectivity index (χ2n) is 16.4. The molecule has 1 fully saturated rings. The third-order valence-electron chi connectivity index (χ3n) is 12.5. The standard InChI is InChI=1S/C46H51Cl2N9O2/c1-27-22-33(23-28(2)41(27)47)59-21-11-14-35-34-12-10-13-36(40-29(3)50-53(7)30(40)4)42(34)56-31(5)44(48)57(46(58)43(35)56)39-25-55(20-19-54-17-8-9-18-54)38-16-15-32(24-37(38)39)45-49-26-52(6)51-45/h10,12-13,15-16,22-26,31,44H,8-9,11,14,17-21H2,1-7H3/t31?,44-/m0/s1. The minimum atomic E-state index is -0.684. The summed E-state index contributed by atoms with van der Waals surface area (Å²) < 4.78 is 14.4. The third kappa shape index (κ3) is 6.81. The molecule has 2 atom stereocenters. The van der Waals surface area contributed by atoms with E-state index in [0.717, 1.165) is 109 Å². The number of nitrogens with zero attached hydrogens (tertiary/aromatic N) is 9. The molecule has 0 radical (unpaired) electrons. The molecule has 0 aliphatic carbocycles. The zero-order valence-corrected chi connectivity index (χ0v) is 36.4. The predicted molar refractivity (Wildman–Crippen MR) is 237 cm³/mol. The molecular weight excluding hydrogens is 781 g/mol. The monoisotopic (exact) mass is 831 g/mol. The van der Waals surface area contributed by atoms with Gasteiger partial charge in [0, 0.05) is 71.6 Å². The van der Waals surface area contributed by atoms with Crippen molar-refractivity contribution < 1.29 is 9.53 Å². The lowest BCUT2D eigenvalue weighted by Crippen LogP contribution is -2.47. The van der Waals surface area contributed by atoms with Crippen LogP contribution in [-0.4, -0.2) is 76.2 Å². The number of ether oxygens (including phenoxy) is 1. The van der Waals surface area contributed by atoms with E-state index in [1.807, 2.05) is 49.7 Å². The summed E-state index contributed by atoms with van der Waals surface area (Å²) in [5, 5.41) is 12.1. The van der Waals surface area contributed by atoms with Crippen LogP contribution < -0.4 is 9.64 Å². The van der Waals surface area contributed by atoms with Gasteiger partial charge in [-0.05, 0) is 120 Å². The van der Waals surface area contributed by atoms with Crippen molar-refractivity contribution in [1.82, 2.24) is 38.6 Å². The summed E-state index contributed by atoms with van der Waals surface area (Å²) in [5.41, 5.74) is 10.8. The molecule has 59 heavy (non-hydrogen) atoms. The minimum Gasteiger partial charge on any atom is -0.494 e. The molecule has 9 rings (SSSR count). The Morgan fingerprint density at radius 3 is 2.39 bits per heavy atom. The number of hydrogen-bond donors (Lipinski definition) is 0. The van der Waals surface area contributed by atoms with Crippen LogP contribution in [0.1, 0.15) is 70.8 Å². The Labute approximate surface area is 355 Å². The topological polar surface area (TPSA) is 91.2 Å². The third-order valence-corrected chi connectivity index (χ3v) is 13.6. The summed E-state index contributed by atoms with van der Waals surface area (Å²) in [6.45, 7) is 14.7. The average Bonchev–Trinajstić information content (AvgIpc) is 4.06. The number of benzene rings is 3. The van der Waals surface area contributed by atoms with Crippen LogP contribution in [-0.2, 0) is 27.1 Å². The maximum absolute atomic E-state index is 15.6. The van der Waals surface area contributed by atoms with Crippen LogP contribution in [0.4, 0.5) is 5.69 Å². The maximum atomic E-state index is 15.6. The van der Waals surface area contributed by atoms with E-state index in [4.69, 9.17) is 33.0 Å². The Kier molecular flexibility index (Phi) is 10.3. The van der Waals surface area contributed by atoms with E-state index in [0.29, 0.717) is 31.0 Å². The van der Waals surface area contributed by atoms with Crippen molar-refractivity contribution in [2.24, 2.45) is 14.1 Å². The van der Waals surface area contributed by atoms with E-state index in [2.05, 4.69) is 87.5 Å². The second-order valence-corrected chi connectivity index (χ2v) is 17.2.